The third-order valence-corrected chi connectivity index (χ3v) is 2.17. The fraction of sp³-hybridized carbons (Fsp3) is 0.818. The van der Waals surface area contributed by atoms with Crippen LogP contribution in [-0.4, -0.2) is 56.6 Å². The van der Waals surface area contributed by atoms with E-state index in [2.05, 4.69) is 9.47 Å². The molecule has 4 N–H and O–H groups in total. The fourth-order valence-corrected chi connectivity index (χ4v) is 1.03. The number of hydrogen-bond acceptors (Lipinski definition) is 8. The molecule has 0 aromatic rings. The van der Waals surface area contributed by atoms with Gasteiger partial charge >= 0.3 is 17.9 Å². The first-order valence-electron chi connectivity index (χ1n) is 5.83. The summed E-state index contributed by atoms with van der Waals surface area (Å²) in [7, 11) is 0. The van der Waals surface area contributed by atoms with Crippen LogP contribution >= 0.6 is 0 Å². The molecule has 0 rings (SSSR count). The quantitative estimate of drug-likeness (QED) is 0.332. The first-order valence-corrected chi connectivity index (χ1v) is 5.83. The lowest BCUT2D eigenvalue weighted by atomic mass is 10.2. The first kappa shape index (κ1) is 17.8. The SMILES string of the molecule is CCC(O)CC(O)(OC(=O)C(C)O)OC(=O)C(C)O. The molecule has 112 valence electrons. The van der Waals surface area contributed by atoms with Crippen LogP contribution in [0.25, 0.3) is 0 Å². The molecule has 0 aliphatic heterocycles. The summed E-state index contributed by atoms with van der Waals surface area (Å²) in [5.74, 6) is -5.20. The van der Waals surface area contributed by atoms with Crippen LogP contribution in [0.3, 0.4) is 0 Å². The van der Waals surface area contributed by atoms with Crippen LogP contribution < -0.4 is 0 Å². The van der Waals surface area contributed by atoms with Crippen LogP contribution in [0.2, 0.25) is 0 Å². The van der Waals surface area contributed by atoms with Crippen molar-refractivity contribution in [2.24, 2.45) is 0 Å². The van der Waals surface area contributed by atoms with Crippen LogP contribution in [0.4, 0.5) is 0 Å². The Hall–Kier alpha value is -1.22. The Kier molecular flexibility index (Phi) is 6.91. The summed E-state index contributed by atoms with van der Waals surface area (Å²) >= 11 is 0. The smallest absolute Gasteiger partial charge is 0.375 e. The predicted octanol–water partition coefficient (Wildman–Crippen LogP) is -1.36. The third-order valence-electron chi connectivity index (χ3n) is 2.17. The molecule has 0 saturated carbocycles. The summed E-state index contributed by atoms with van der Waals surface area (Å²) in [6.07, 6.45) is -4.58. The molecule has 0 radical (unpaired) electrons. The monoisotopic (exact) mass is 280 g/mol. The van der Waals surface area contributed by atoms with Gasteiger partial charge < -0.3 is 29.9 Å². The Balaban J connectivity index is 4.90. The lowest BCUT2D eigenvalue weighted by Crippen LogP contribution is -2.46. The fourth-order valence-electron chi connectivity index (χ4n) is 1.03. The number of carbonyl (C=O) groups is 2. The minimum Gasteiger partial charge on any atom is -0.396 e. The van der Waals surface area contributed by atoms with Crippen molar-refractivity contribution in [2.75, 3.05) is 0 Å². The first-order chi connectivity index (χ1) is 8.61. The predicted molar refractivity (Wildman–Crippen MR) is 61.4 cm³/mol. The van der Waals surface area contributed by atoms with E-state index in [9.17, 15) is 19.8 Å². The average Bonchev–Trinajstić information content (AvgIpc) is 2.27. The van der Waals surface area contributed by atoms with E-state index >= 15 is 0 Å². The molecule has 0 saturated heterocycles. The van der Waals surface area contributed by atoms with Gasteiger partial charge in [0.25, 0.3) is 0 Å². The molecular weight excluding hydrogens is 260 g/mol. The van der Waals surface area contributed by atoms with Gasteiger partial charge in [0.2, 0.25) is 0 Å². The van der Waals surface area contributed by atoms with Crippen LogP contribution in [0.15, 0.2) is 0 Å². The Labute approximate surface area is 110 Å². The highest BCUT2D eigenvalue weighted by Gasteiger charge is 2.40. The number of aliphatic hydroxyl groups excluding tert-OH is 3. The summed E-state index contributed by atoms with van der Waals surface area (Å²) < 4.78 is 8.89. The van der Waals surface area contributed by atoms with E-state index < -0.39 is 42.6 Å². The molecular formula is C11H20O8. The molecule has 8 heteroatoms. The minimum atomic E-state index is -2.74. The van der Waals surface area contributed by atoms with E-state index in [4.69, 9.17) is 10.2 Å². The maximum atomic E-state index is 11.2. The lowest BCUT2D eigenvalue weighted by Gasteiger charge is -2.29. The van der Waals surface area contributed by atoms with Gasteiger partial charge in [-0.05, 0) is 20.3 Å². The van der Waals surface area contributed by atoms with Crippen molar-refractivity contribution in [2.45, 2.75) is 57.9 Å². The molecule has 19 heavy (non-hydrogen) atoms. The average molecular weight is 280 g/mol. The highest BCUT2D eigenvalue weighted by Crippen LogP contribution is 2.20. The second kappa shape index (κ2) is 7.39. The van der Waals surface area contributed by atoms with E-state index in [0.717, 1.165) is 13.8 Å². The number of hydrogen-bond donors (Lipinski definition) is 4. The molecule has 0 aliphatic rings. The molecule has 3 unspecified atom stereocenters. The maximum Gasteiger partial charge on any atom is 0.375 e. The van der Waals surface area contributed by atoms with Crippen molar-refractivity contribution >= 4 is 11.9 Å². The van der Waals surface area contributed by atoms with Crippen LogP contribution in [-0.2, 0) is 19.1 Å². The molecule has 0 aromatic heterocycles. The van der Waals surface area contributed by atoms with Crippen molar-refractivity contribution < 1.29 is 39.5 Å². The van der Waals surface area contributed by atoms with E-state index in [-0.39, 0.29) is 6.42 Å². The van der Waals surface area contributed by atoms with E-state index in [1.165, 1.54) is 0 Å². The number of aliphatic hydroxyl groups is 4. The maximum absolute atomic E-state index is 11.2. The van der Waals surface area contributed by atoms with Crippen molar-refractivity contribution in [3.63, 3.8) is 0 Å². The summed E-state index contributed by atoms with van der Waals surface area (Å²) in [5.41, 5.74) is 0. The molecule has 0 aliphatic carbocycles. The van der Waals surface area contributed by atoms with Gasteiger partial charge in [-0.3, -0.25) is 0 Å². The van der Waals surface area contributed by atoms with Crippen molar-refractivity contribution in [1.82, 2.24) is 0 Å². The lowest BCUT2D eigenvalue weighted by molar-refractivity contribution is -0.338. The Bertz CT molecular complexity index is 290. The zero-order valence-corrected chi connectivity index (χ0v) is 11.1. The molecule has 8 nitrogen and oxygen atoms in total. The van der Waals surface area contributed by atoms with Crippen LogP contribution in [0.5, 0.6) is 0 Å². The van der Waals surface area contributed by atoms with E-state index in [1.807, 2.05) is 0 Å². The molecule has 0 fully saturated rings. The second-order valence-corrected chi connectivity index (χ2v) is 4.17. The van der Waals surface area contributed by atoms with Gasteiger partial charge in [-0.25, -0.2) is 9.59 Å². The highest BCUT2D eigenvalue weighted by atomic mass is 16.8. The zero-order chi connectivity index (χ0) is 15.2. The van der Waals surface area contributed by atoms with Gasteiger partial charge in [0.15, 0.2) is 0 Å². The van der Waals surface area contributed by atoms with Crippen molar-refractivity contribution in [3.8, 4) is 0 Å². The zero-order valence-electron chi connectivity index (χ0n) is 11.1. The standard InChI is InChI=1S/C11H20O8/c1-4-8(14)5-11(17,18-9(15)6(2)12)19-10(16)7(3)13/h6-8,12-14,17H,4-5H2,1-3H3. The summed E-state index contributed by atoms with van der Waals surface area (Å²) in [4.78, 5) is 22.4. The molecule has 0 amide bonds. The number of ether oxygens (including phenoxy) is 2. The summed E-state index contributed by atoms with van der Waals surface area (Å²) in [5, 5.41) is 37.3. The molecule has 0 heterocycles. The molecule has 0 spiro atoms. The number of esters is 2. The minimum absolute atomic E-state index is 0.209. The Morgan fingerprint density at radius 2 is 1.42 bits per heavy atom. The largest absolute Gasteiger partial charge is 0.396 e. The molecule has 0 bridgehead atoms. The normalized spacial score (nSPS) is 18.9. The molecule has 3 atom stereocenters. The highest BCUT2D eigenvalue weighted by molar-refractivity contribution is 5.76. The van der Waals surface area contributed by atoms with E-state index in [0.29, 0.717) is 0 Å². The van der Waals surface area contributed by atoms with Gasteiger partial charge in [-0.2, -0.15) is 0 Å². The molecule has 0 aromatic carbocycles. The summed E-state index contributed by atoms with van der Waals surface area (Å²) in [6, 6.07) is 0. The Morgan fingerprint density at radius 3 is 1.68 bits per heavy atom. The third kappa shape index (κ3) is 6.48. The second-order valence-electron chi connectivity index (χ2n) is 4.17. The van der Waals surface area contributed by atoms with Gasteiger partial charge in [0.05, 0.1) is 12.5 Å². The van der Waals surface area contributed by atoms with Gasteiger partial charge in [0.1, 0.15) is 12.2 Å². The Morgan fingerprint density at radius 1 is 1.05 bits per heavy atom. The van der Waals surface area contributed by atoms with Gasteiger partial charge in [-0.1, -0.05) is 6.92 Å². The van der Waals surface area contributed by atoms with Crippen LogP contribution in [0.1, 0.15) is 33.6 Å². The summed E-state index contributed by atoms with van der Waals surface area (Å²) in [6.45, 7) is 3.78. The van der Waals surface area contributed by atoms with Gasteiger partial charge in [0, 0.05) is 0 Å². The van der Waals surface area contributed by atoms with Crippen molar-refractivity contribution in [1.29, 1.82) is 0 Å². The van der Waals surface area contributed by atoms with Crippen LogP contribution in [0, 0.1) is 0 Å². The topological polar surface area (TPSA) is 134 Å². The number of carbonyl (C=O) groups excluding carboxylic acids is 2. The van der Waals surface area contributed by atoms with Crippen molar-refractivity contribution in [3.05, 3.63) is 0 Å². The number of rotatable bonds is 7. The van der Waals surface area contributed by atoms with Gasteiger partial charge in [-0.15, -0.1) is 0 Å². The van der Waals surface area contributed by atoms with E-state index in [1.54, 1.807) is 6.92 Å².